The van der Waals surface area contributed by atoms with Gasteiger partial charge in [0.15, 0.2) is 0 Å². The number of carbonyl (C=O) groups excluding carboxylic acids is 2. The van der Waals surface area contributed by atoms with E-state index in [1.807, 2.05) is 20.9 Å². The van der Waals surface area contributed by atoms with Crippen LogP contribution in [0.15, 0.2) is 18.2 Å². The van der Waals surface area contributed by atoms with Crippen LogP contribution in [0, 0.1) is 0 Å². The number of benzene rings is 1. The highest BCUT2D eigenvalue weighted by molar-refractivity contribution is 6.31. The minimum atomic E-state index is -0.229. The maximum absolute atomic E-state index is 12.1. The second-order valence-corrected chi connectivity index (χ2v) is 5.51. The summed E-state index contributed by atoms with van der Waals surface area (Å²) in [6.45, 7) is 4.53. The minimum absolute atomic E-state index is 0. The summed E-state index contributed by atoms with van der Waals surface area (Å²) in [6, 6.07) is 4.86. The van der Waals surface area contributed by atoms with Gasteiger partial charge in [-0.05, 0) is 52.1 Å². The predicted octanol–water partition coefficient (Wildman–Crippen LogP) is 2.84. The molecule has 0 aliphatic rings. The average molecular weight is 348 g/mol. The third-order valence-corrected chi connectivity index (χ3v) is 2.99. The van der Waals surface area contributed by atoms with Crippen molar-refractivity contribution in [1.29, 1.82) is 0 Å². The van der Waals surface area contributed by atoms with Crippen molar-refractivity contribution in [3.8, 4) is 0 Å². The smallest absolute Gasteiger partial charge is 0.253 e. The fourth-order valence-corrected chi connectivity index (χ4v) is 1.97. The maximum atomic E-state index is 12.1. The van der Waals surface area contributed by atoms with Crippen molar-refractivity contribution < 1.29 is 9.59 Å². The molecule has 0 aromatic heterocycles. The van der Waals surface area contributed by atoms with Crippen molar-refractivity contribution in [1.82, 2.24) is 10.6 Å². The van der Waals surface area contributed by atoms with Gasteiger partial charge < -0.3 is 16.0 Å². The van der Waals surface area contributed by atoms with Gasteiger partial charge in [0.1, 0.15) is 0 Å². The van der Waals surface area contributed by atoms with E-state index in [4.69, 9.17) is 11.6 Å². The summed E-state index contributed by atoms with van der Waals surface area (Å²) in [4.78, 5) is 24.0. The summed E-state index contributed by atoms with van der Waals surface area (Å²) >= 11 is 5.94. The third-order valence-electron chi connectivity index (χ3n) is 2.75. The Bertz CT molecular complexity index is 508. The van der Waals surface area contributed by atoms with Crippen molar-refractivity contribution in [3.63, 3.8) is 0 Å². The van der Waals surface area contributed by atoms with Gasteiger partial charge in [-0.3, -0.25) is 9.59 Å². The van der Waals surface area contributed by atoms with Crippen molar-refractivity contribution in [2.45, 2.75) is 32.7 Å². The molecule has 3 N–H and O–H groups in total. The van der Waals surface area contributed by atoms with E-state index in [2.05, 4.69) is 16.0 Å². The Balaban J connectivity index is 0.00000441. The summed E-state index contributed by atoms with van der Waals surface area (Å²) in [5, 5.41) is 9.01. The van der Waals surface area contributed by atoms with E-state index in [9.17, 15) is 9.59 Å². The molecule has 0 saturated carbocycles. The lowest BCUT2D eigenvalue weighted by Crippen LogP contribution is -2.31. The second-order valence-electron chi connectivity index (χ2n) is 5.07. The zero-order valence-electron chi connectivity index (χ0n) is 13.0. The SMILES string of the molecule is CNCCCC(=O)Nc1cc(Cl)ccc1C(=O)NC(C)C.Cl. The highest BCUT2D eigenvalue weighted by Gasteiger charge is 2.14. The number of anilines is 1. The van der Waals surface area contributed by atoms with Gasteiger partial charge in [0.05, 0.1) is 11.3 Å². The summed E-state index contributed by atoms with van der Waals surface area (Å²) in [7, 11) is 1.84. The molecule has 1 rings (SSSR count). The first-order valence-corrected chi connectivity index (χ1v) is 7.36. The van der Waals surface area contributed by atoms with E-state index < -0.39 is 0 Å². The standard InChI is InChI=1S/C15H22ClN3O2.ClH/c1-10(2)18-15(21)12-7-6-11(16)9-13(12)19-14(20)5-4-8-17-3;/h6-7,9-10,17H,4-5,8H2,1-3H3,(H,18,21)(H,19,20);1H. The molecule has 0 aliphatic carbocycles. The molecule has 2 amide bonds. The van der Waals surface area contributed by atoms with Gasteiger partial charge in [0.2, 0.25) is 5.91 Å². The Hall–Kier alpha value is -1.30. The lowest BCUT2D eigenvalue weighted by atomic mass is 10.1. The van der Waals surface area contributed by atoms with Gasteiger partial charge in [0.25, 0.3) is 5.91 Å². The molecule has 0 atom stereocenters. The zero-order chi connectivity index (χ0) is 15.8. The predicted molar refractivity (Wildman–Crippen MR) is 93.1 cm³/mol. The first kappa shape index (κ1) is 20.7. The molecule has 0 spiro atoms. The molecule has 0 unspecified atom stereocenters. The van der Waals surface area contributed by atoms with Crippen LogP contribution in [0.2, 0.25) is 5.02 Å². The molecular formula is C15H23Cl2N3O2. The number of nitrogens with one attached hydrogen (secondary N) is 3. The molecule has 0 saturated heterocycles. The summed E-state index contributed by atoms with van der Waals surface area (Å²) in [6.07, 6.45) is 1.12. The van der Waals surface area contributed by atoms with Gasteiger partial charge in [-0.2, -0.15) is 0 Å². The van der Waals surface area contributed by atoms with Crippen molar-refractivity contribution in [2.75, 3.05) is 18.9 Å². The van der Waals surface area contributed by atoms with Crippen LogP contribution in [-0.4, -0.2) is 31.4 Å². The average Bonchev–Trinajstić information content (AvgIpc) is 2.38. The molecule has 124 valence electrons. The van der Waals surface area contributed by atoms with E-state index in [1.165, 1.54) is 0 Å². The molecule has 0 bridgehead atoms. The van der Waals surface area contributed by atoms with Gasteiger partial charge in [-0.1, -0.05) is 11.6 Å². The number of amides is 2. The number of rotatable bonds is 7. The highest BCUT2D eigenvalue weighted by atomic mass is 35.5. The fourth-order valence-electron chi connectivity index (χ4n) is 1.80. The Kier molecular flexibility index (Phi) is 9.81. The lowest BCUT2D eigenvalue weighted by molar-refractivity contribution is -0.116. The Morgan fingerprint density at radius 3 is 2.55 bits per heavy atom. The van der Waals surface area contributed by atoms with Crippen LogP contribution in [0.25, 0.3) is 0 Å². The molecule has 0 heterocycles. The van der Waals surface area contributed by atoms with Crippen LogP contribution in [0.1, 0.15) is 37.0 Å². The van der Waals surface area contributed by atoms with Crippen molar-refractivity contribution >= 4 is 41.5 Å². The van der Waals surface area contributed by atoms with Gasteiger partial charge in [-0.15, -0.1) is 12.4 Å². The van der Waals surface area contributed by atoms with E-state index in [0.29, 0.717) is 22.7 Å². The topological polar surface area (TPSA) is 70.2 Å². The normalized spacial score (nSPS) is 10.0. The molecule has 7 heteroatoms. The summed E-state index contributed by atoms with van der Waals surface area (Å²) in [5.41, 5.74) is 0.852. The maximum Gasteiger partial charge on any atom is 0.253 e. The minimum Gasteiger partial charge on any atom is -0.350 e. The number of hydrogen-bond acceptors (Lipinski definition) is 3. The first-order chi connectivity index (χ1) is 9.93. The Morgan fingerprint density at radius 2 is 1.95 bits per heavy atom. The number of carbonyl (C=O) groups is 2. The van der Waals surface area contributed by atoms with E-state index in [-0.39, 0.29) is 30.3 Å². The molecule has 0 aliphatic heterocycles. The molecular weight excluding hydrogens is 325 g/mol. The second kappa shape index (κ2) is 10.4. The quantitative estimate of drug-likeness (QED) is 0.664. The van der Waals surface area contributed by atoms with Gasteiger partial charge >= 0.3 is 0 Å². The van der Waals surface area contributed by atoms with Gasteiger partial charge in [0, 0.05) is 17.5 Å². The Morgan fingerprint density at radius 1 is 1.27 bits per heavy atom. The molecule has 22 heavy (non-hydrogen) atoms. The lowest BCUT2D eigenvalue weighted by Gasteiger charge is -2.13. The third kappa shape index (κ3) is 7.11. The number of halogens is 2. The first-order valence-electron chi connectivity index (χ1n) is 6.99. The van der Waals surface area contributed by atoms with Gasteiger partial charge in [-0.25, -0.2) is 0 Å². The highest BCUT2D eigenvalue weighted by Crippen LogP contribution is 2.21. The number of hydrogen-bond donors (Lipinski definition) is 3. The van der Waals surface area contributed by atoms with Crippen LogP contribution in [-0.2, 0) is 4.79 Å². The molecule has 1 aromatic carbocycles. The molecule has 1 aromatic rings. The van der Waals surface area contributed by atoms with Crippen LogP contribution < -0.4 is 16.0 Å². The van der Waals surface area contributed by atoms with E-state index in [0.717, 1.165) is 13.0 Å². The van der Waals surface area contributed by atoms with Crippen LogP contribution in [0.5, 0.6) is 0 Å². The molecule has 0 radical (unpaired) electrons. The fraction of sp³-hybridized carbons (Fsp3) is 0.467. The van der Waals surface area contributed by atoms with Crippen LogP contribution in [0.4, 0.5) is 5.69 Å². The molecule has 5 nitrogen and oxygen atoms in total. The summed E-state index contributed by atoms with van der Waals surface area (Å²) in [5.74, 6) is -0.363. The zero-order valence-corrected chi connectivity index (χ0v) is 14.6. The van der Waals surface area contributed by atoms with Crippen LogP contribution in [0.3, 0.4) is 0 Å². The summed E-state index contributed by atoms with van der Waals surface area (Å²) < 4.78 is 0. The molecule has 0 fully saturated rings. The van der Waals surface area contributed by atoms with E-state index >= 15 is 0 Å². The van der Waals surface area contributed by atoms with E-state index in [1.54, 1.807) is 18.2 Å². The van der Waals surface area contributed by atoms with Crippen LogP contribution >= 0.6 is 24.0 Å². The van der Waals surface area contributed by atoms with Crippen molar-refractivity contribution in [2.24, 2.45) is 0 Å². The van der Waals surface area contributed by atoms with Crippen molar-refractivity contribution in [3.05, 3.63) is 28.8 Å². The Labute approximate surface area is 142 Å². The largest absolute Gasteiger partial charge is 0.350 e. The monoisotopic (exact) mass is 347 g/mol.